The van der Waals surface area contributed by atoms with Gasteiger partial charge in [-0.1, -0.05) is 26.0 Å². The molecule has 31 heavy (non-hydrogen) atoms. The first-order valence-electron chi connectivity index (χ1n) is 9.30. The van der Waals surface area contributed by atoms with Gasteiger partial charge < -0.3 is 15.3 Å². The molecular formula is C20H24FN3O6S. The van der Waals surface area contributed by atoms with E-state index in [4.69, 9.17) is 5.11 Å². The molecule has 4 N–H and O–H groups in total. The smallest absolute Gasteiger partial charge is 0.332 e. The number of rotatable bonds is 9. The van der Waals surface area contributed by atoms with Crippen LogP contribution in [0.5, 0.6) is 0 Å². The summed E-state index contributed by atoms with van der Waals surface area (Å²) in [4.78, 5) is 19.3. The number of nitrogens with zero attached hydrogens (tertiary/aromatic N) is 2. The number of carboxylic acid groups (broad SMARTS) is 1. The molecule has 9 nitrogen and oxygen atoms in total. The van der Waals surface area contributed by atoms with Crippen LogP contribution in [0.1, 0.15) is 37.4 Å². The highest BCUT2D eigenvalue weighted by Gasteiger charge is 2.20. The maximum Gasteiger partial charge on any atom is 0.332 e. The van der Waals surface area contributed by atoms with Crippen LogP contribution in [0, 0.1) is 5.82 Å². The van der Waals surface area contributed by atoms with Crippen molar-refractivity contribution < 1.29 is 32.9 Å². The van der Waals surface area contributed by atoms with E-state index in [-0.39, 0.29) is 17.6 Å². The molecule has 0 radical (unpaired) electrons. The largest absolute Gasteiger partial charge is 0.479 e. The van der Waals surface area contributed by atoms with E-state index in [1.807, 2.05) is 13.8 Å². The fourth-order valence-corrected chi connectivity index (χ4v) is 3.17. The summed E-state index contributed by atoms with van der Waals surface area (Å²) in [5.41, 5.74) is 1.64. The van der Waals surface area contributed by atoms with Gasteiger partial charge in [0.15, 0.2) is 6.10 Å². The van der Waals surface area contributed by atoms with E-state index >= 15 is 0 Å². The summed E-state index contributed by atoms with van der Waals surface area (Å²) >= 11 is 0. The van der Waals surface area contributed by atoms with Gasteiger partial charge in [-0.2, -0.15) is 0 Å². The van der Waals surface area contributed by atoms with Crippen molar-refractivity contribution in [3.8, 4) is 11.3 Å². The molecule has 0 aliphatic heterocycles. The topological polar surface area (TPSA) is 150 Å². The number of anilines is 1. The number of halogens is 1. The van der Waals surface area contributed by atoms with Crippen molar-refractivity contribution in [2.24, 2.45) is 0 Å². The van der Waals surface area contributed by atoms with Gasteiger partial charge in [0.25, 0.3) is 0 Å². The fourth-order valence-electron chi connectivity index (χ4n) is 2.75. The zero-order valence-electron chi connectivity index (χ0n) is 17.2. The zero-order valence-corrected chi connectivity index (χ0v) is 18.0. The van der Waals surface area contributed by atoms with E-state index in [9.17, 15) is 27.8 Å². The molecule has 0 aliphatic carbocycles. The van der Waals surface area contributed by atoms with Crippen LogP contribution in [0.3, 0.4) is 0 Å². The lowest BCUT2D eigenvalue weighted by Gasteiger charge is -2.16. The van der Waals surface area contributed by atoms with E-state index in [1.165, 1.54) is 36.4 Å². The molecule has 0 saturated heterocycles. The first-order chi connectivity index (χ1) is 14.4. The molecule has 0 amide bonds. The van der Waals surface area contributed by atoms with Gasteiger partial charge >= 0.3 is 5.97 Å². The van der Waals surface area contributed by atoms with Crippen LogP contribution in [-0.2, 0) is 14.8 Å². The van der Waals surface area contributed by atoms with Gasteiger partial charge in [0.1, 0.15) is 5.82 Å². The van der Waals surface area contributed by atoms with Crippen LogP contribution < -0.4 is 4.72 Å². The average molecular weight is 453 g/mol. The quantitative estimate of drug-likeness (QED) is 0.450. The van der Waals surface area contributed by atoms with E-state index < -0.39 is 40.4 Å². The van der Waals surface area contributed by atoms with E-state index in [2.05, 4.69) is 14.7 Å². The Morgan fingerprint density at radius 2 is 1.81 bits per heavy atom. The molecular weight excluding hydrogens is 429 g/mol. The minimum atomic E-state index is -3.66. The predicted octanol–water partition coefficient (Wildman–Crippen LogP) is 1.99. The third kappa shape index (κ3) is 7.09. The Kier molecular flexibility index (Phi) is 7.82. The number of aliphatic hydroxyl groups is 2. The molecule has 168 valence electrons. The first-order valence-corrected chi connectivity index (χ1v) is 11.2. The van der Waals surface area contributed by atoms with Gasteiger partial charge in [0, 0.05) is 17.5 Å². The summed E-state index contributed by atoms with van der Waals surface area (Å²) in [7, 11) is -3.66. The van der Waals surface area contributed by atoms with Gasteiger partial charge in [-0.3, -0.25) is 4.72 Å². The minimum absolute atomic E-state index is 0.162. The third-order valence-corrected chi connectivity index (χ3v) is 4.70. The van der Waals surface area contributed by atoms with Crippen LogP contribution >= 0.6 is 0 Å². The van der Waals surface area contributed by atoms with Crippen molar-refractivity contribution >= 4 is 28.0 Å². The number of benzene rings is 1. The lowest BCUT2D eigenvalue weighted by atomic mass is 9.97. The highest BCUT2D eigenvalue weighted by atomic mass is 32.2. The molecule has 0 aliphatic rings. The van der Waals surface area contributed by atoms with Crippen molar-refractivity contribution in [3.63, 3.8) is 0 Å². The van der Waals surface area contributed by atoms with Gasteiger partial charge in [0.2, 0.25) is 16.0 Å². The monoisotopic (exact) mass is 453 g/mol. The van der Waals surface area contributed by atoms with Crippen LogP contribution in [0.4, 0.5) is 10.3 Å². The highest BCUT2D eigenvalue weighted by Crippen LogP contribution is 2.30. The Labute approximate surface area is 179 Å². The summed E-state index contributed by atoms with van der Waals surface area (Å²) in [5.74, 6) is -2.28. The maximum absolute atomic E-state index is 13.4. The lowest BCUT2D eigenvalue weighted by molar-refractivity contribution is -0.147. The number of carboxylic acids is 1. The Balaban J connectivity index is 2.61. The number of nitrogens with one attached hydrogen (secondary N) is 1. The predicted molar refractivity (Wildman–Crippen MR) is 113 cm³/mol. The van der Waals surface area contributed by atoms with Crippen LogP contribution in [0.25, 0.3) is 17.3 Å². The van der Waals surface area contributed by atoms with Crippen molar-refractivity contribution in [1.82, 2.24) is 9.97 Å². The fraction of sp³-hybridized carbons (Fsp3) is 0.350. The van der Waals surface area contributed by atoms with Crippen molar-refractivity contribution in [2.45, 2.75) is 38.4 Å². The van der Waals surface area contributed by atoms with Gasteiger partial charge in [-0.25, -0.2) is 27.6 Å². The van der Waals surface area contributed by atoms with Gasteiger partial charge in [0.05, 0.1) is 23.7 Å². The molecule has 1 heterocycles. The van der Waals surface area contributed by atoms with Gasteiger partial charge in [-0.15, -0.1) is 0 Å². The number of carbonyl (C=O) groups is 1. The van der Waals surface area contributed by atoms with Gasteiger partial charge in [-0.05, 0) is 30.2 Å². The van der Waals surface area contributed by atoms with E-state index in [0.29, 0.717) is 16.8 Å². The number of aliphatic hydroxyl groups excluding tert-OH is 2. The highest BCUT2D eigenvalue weighted by molar-refractivity contribution is 7.91. The van der Waals surface area contributed by atoms with Crippen molar-refractivity contribution in [1.29, 1.82) is 0 Å². The summed E-state index contributed by atoms with van der Waals surface area (Å²) in [6.07, 6.45) is 0.272. The molecule has 2 unspecified atom stereocenters. The standard InChI is InChI=1S/C20H24FN3O6S/c1-11(2)17-15(9-8-14(25)10-16(26)19(27)28)18(12-4-6-13(21)7-5-12)23-20(22-17)24-31(3,29)30/h4-9,11,14,16,25-26H,10H2,1-3H3,(H,27,28)(H,22,23,24)/b9-8+. The first kappa shape index (κ1) is 24.4. The molecule has 2 atom stereocenters. The molecule has 0 saturated carbocycles. The Bertz CT molecular complexity index is 1070. The number of hydrogen-bond acceptors (Lipinski definition) is 7. The molecule has 1 aromatic heterocycles. The van der Waals surface area contributed by atoms with Crippen molar-refractivity contribution in [2.75, 3.05) is 11.0 Å². The Hall–Kier alpha value is -2.89. The molecule has 2 rings (SSSR count). The maximum atomic E-state index is 13.4. The Morgan fingerprint density at radius 3 is 2.32 bits per heavy atom. The molecule has 2 aromatic rings. The average Bonchev–Trinajstić information content (AvgIpc) is 2.65. The number of aromatic nitrogens is 2. The third-order valence-electron chi connectivity index (χ3n) is 4.15. The number of aliphatic carboxylic acids is 1. The molecule has 1 aromatic carbocycles. The second-order valence-corrected chi connectivity index (χ2v) is 9.00. The zero-order chi connectivity index (χ0) is 23.3. The number of hydrogen-bond donors (Lipinski definition) is 4. The second-order valence-electron chi connectivity index (χ2n) is 7.25. The molecule has 0 fully saturated rings. The summed E-state index contributed by atoms with van der Waals surface area (Å²) in [6.45, 7) is 3.64. The SMILES string of the molecule is CC(C)c1nc(NS(C)(=O)=O)nc(-c2ccc(F)cc2)c1/C=C/C(O)CC(O)C(=O)O. The minimum Gasteiger partial charge on any atom is -0.479 e. The Morgan fingerprint density at radius 1 is 1.19 bits per heavy atom. The normalized spacial score (nSPS) is 14.0. The van der Waals surface area contributed by atoms with Crippen molar-refractivity contribution in [3.05, 3.63) is 47.4 Å². The van der Waals surface area contributed by atoms with Crippen LogP contribution in [0.15, 0.2) is 30.3 Å². The summed E-state index contributed by atoms with van der Waals surface area (Å²) < 4.78 is 39.0. The summed E-state index contributed by atoms with van der Waals surface area (Å²) in [6, 6.07) is 5.38. The number of sulfonamides is 1. The van der Waals surface area contributed by atoms with Crippen LogP contribution in [0.2, 0.25) is 0 Å². The molecule has 0 spiro atoms. The van der Waals surface area contributed by atoms with E-state index in [1.54, 1.807) is 0 Å². The van der Waals surface area contributed by atoms with E-state index in [0.717, 1.165) is 6.26 Å². The second kappa shape index (κ2) is 9.94. The van der Waals surface area contributed by atoms with Crippen LogP contribution in [-0.4, -0.2) is 58.1 Å². The lowest BCUT2D eigenvalue weighted by Crippen LogP contribution is -2.24. The molecule has 11 heteroatoms. The molecule has 0 bridgehead atoms. The summed E-state index contributed by atoms with van der Waals surface area (Å²) in [5, 5.41) is 28.3.